The minimum absolute atomic E-state index is 0.682. The molecule has 0 spiro atoms. The van der Waals surface area contributed by atoms with Crippen LogP contribution in [-0.2, 0) is 0 Å². The molecule has 0 aliphatic carbocycles. The standard InChI is InChI=1S/C10H16N2O2/c1-12-4-2-9(3-5-12)7-13-10-6-11-14-8-10/h6,8-9H,2-5,7H2,1H3. The predicted octanol–water partition coefficient (Wildman–Crippen LogP) is 1.40. The maximum absolute atomic E-state index is 5.55. The van der Waals surface area contributed by atoms with Crippen LogP contribution in [0.2, 0.25) is 0 Å². The summed E-state index contributed by atoms with van der Waals surface area (Å²) in [6, 6.07) is 0. The fourth-order valence-corrected chi connectivity index (χ4v) is 1.71. The van der Waals surface area contributed by atoms with Crippen molar-refractivity contribution in [2.45, 2.75) is 12.8 Å². The Balaban J connectivity index is 1.71. The van der Waals surface area contributed by atoms with Gasteiger partial charge in [-0.15, -0.1) is 0 Å². The van der Waals surface area contributed by atoms with Gasteiger partial charge in [-0.05, 0) is 38.9 Å². The quantitative estimate of drug-likeness (QED) is 0.732. The zero-order valence-electron chi connectivity index (χ0n) is 8.48. The second-order valence-corrected chi connectivity index (χ2v) is 3.92. The molecule has 0 unspecified atom stereocenters. The summed E-state index contributed by atoms with van der Waals surface area (Å²) in [6.45, 7) is 3.14. The summed E-state index contributed by atoms with van der Waals surface area (Å²) in [5, 5.41) is 3.59. The molecule has 1 fully saturated rings. The Hall–Kier alpha value is -1.03. The van der Waals surface area contributed by atoms with Crippen LogP contribution in [0.15, 0.2) is 17.0 Å². The lowest BCUT2D eigenvalue weighted by atomic mass is 9.98. The Morgan fingerprint density at radius 3 is 3.00 bits per heavy atom. The molecule has 1 saturated heterocycles. The first kappa shape index (κ1) is 9.52. The van der Waals surface area contributed by atoms with E-state index in [-0.39, 0.29) is 0 Å². The number of rotatable bonds is 3. The van der Waals surface area contributed by atoms with E-state index in [1.165, 1.54) is 32.2 Å². The molecule has 4 nitrogen and oxygen atoms in total. The highest BCUT2D eigenvalue weighted by Gasteiger charge is 2.17. The van der Waals surface area contributed by atoms with E-state index in [2.05, 4.69) is 21.6 Å². The molecule has 0 radical (unpaired) electrons. The zero-order chi connectivity index (χ0) is 9.80. The van der Waals surface area contributed by atoms with Crippen molar-refractivity contribution in [2.75, 3.05) is 26.7 Å². The van der Waals surface area contributed by atoms with Crippen molar-refractivity contribution in [3.8, 4) is 5.75 Å². The van der Waals surface area contributed by atoms with Crippen LogP contribution < -0.4 is 4.74 Å². The molecule has 0 amide bonds. The largest absolute Gasteiger partial charge is 0.488 e. The van der Waals surface area contributed by atoms with E-state index >= 15 is 0 Å². The smallest absolute Gasteiger partial charge is 0.178 e. The van der Waals surface area contributed by atoms with Gasteiger partial charge in [0.25, 0.3) is 0 Å². The molecule has 2 heterocycles. The summed E-state index contributed by atoms with van der Waals surface area (Å²) in [5.74, 6) is 1.42. The van der Waals surface area contributed by atoms with Crippen LogP contribution in [0.4, 0.5) is 0 Å². The van der Waals surface area contributed by atoms with Crippen molar-refractivity contribution in [3.05, 3.63) is 12.5 Å². The van der Waals surface area contributed by atoms with Crippen LogP contribution in [0.5, 0.6) is 5.75 Å². The first-order valence-electron chi connectivity index (χ1n) is 5.05. The van der Waals surface area contributed by atoms with Crippen molar-refractivity contribution in [2.24, 2.45) is 5.92 Å². The minimum atomic E-state index is 0.682. The number of likely N-dealkylation sites (tertiary alicyclic amines) is 1. The molecule has 1 aromatic rings. The molecule has 0 N–H and O–H groups in total. The molecular weight excluding hydrogens is 180 g/mol. The molecule has 0 atom stereocenters. The van der Waals surface area contributed by atoms with Crippen LogP contribution in [0, 0.1) is 5.92 Å². The third-order valence-corrected chi connectivity index (χ3v) is 2.73. The van der Waals surface area contributed by atoms with Gasteiger partial charge in [0.2, 0.25) is 0 Å². The van der Waals surface area contributed by atoms with E-state index in [9.17, 15) is 0 Å². The number of hydrogen-bond acceptors (Lipinski definition) is 4. The number of nitrogens with zero attached hydrogens (tertiary/aromatic N) is 2. The summed E-state index contributed by atoms with van der Waals surface area (Å²) >= 11 is 0. The normalized spacial score (nSPS) is 19.8. The average molecular weight is 196 g/mol. The van der Waals surface area contributed by atoms with E-state index in [0.717, 1.165) is 12.4 Å². The molecule has 0 saturated carbocycles. The summed E-state index contributed by atoms with van der Waals surface area (Å²) in [5.41, 5.74) is 0. The minimum Gasteiger partial charge on any atom is -0.488 e. The molecule has 1 aliphatic rings. The molecule has 1 aromatic heterocycles. The van der Waals surface area contributed by atoms with E-state index in [0.29, 0.717) is 5.92 Å². The van der Waals surface area contributed by atoms with E-state index in [1.54, 1.807) is 6.20 Å². The fraction of sp³-hybridized carbons (Fsp3) is 0.700. The van der Waals surface area contributed by atoms with Crippen LogP contribution in [0.3, 0.4) is 0 Å². The van der Waals surface area contributed by atoms with Crippen LogP contribution in [0.1, 0.15) is 12.8 Å². The Morgan fingerprint density at radius 2 is 2.36 bits per heavy atom. The zero-order valence-corrected chi connectivity index (χ0v) is 8.48. The Kier molecular flexibility index (Phi) is 3.03. The molecule has 78 valence electrons. The summed E-state index contributed by atoms with van der Waals surface area (Å²) < 4.78 is 10.2. The Labute approximate surface area is 83.8 Å². The molecule has 1 aliphatic heterocycles. The maximum atomic E-state index is 5.55. The highest BCUT2D eigenvalue weighted by molar-refractivity contribution is 5.07. The number of piperidine rings is 1. The van der Waals surface area contributed by atoms with Crippen LogP contribution >= 0.6 is 0 Å². The second-order valence-electron chi connectivity index (χ2n) is 3.92. The predicted molar refractivity (Wildman–Crippen MR) is 52.2 cm³/mol. The summed E-state index contributed by atoms with van der Waals surface area (Å²) in [4.78, 5) is 2.36. The van der Waals surface area contributed by atoms with Gasteiger partial charge in [-0.2, -0.15) is 0 Å². The fourth-order valence-electron chi connectivity index (χ4n) is 1.71. The van der Waals surface area contributed by atoms with Crippen molar-refractivity contribution in [1.29, 1.82) is 0 Å². The molecule has 14 heavy (non-hydrogen) atoms. The lowest BCUT2D eigenvalue weighted by molar-refractivity contribution is 0.159. The van der Waals surface area contributed by atoms with Gasteiger partial charge in [-0.25, -0.2) is 0 Å². The van der Waals surface area contributed by atoms with Crippen molar-refractivity contribution in [3.63, 3.8) is 0 Å². The van der Waals surface area contributed by atoms with E-state index < -0.39 is 0 Å². The monoisotopic (exact) mass is 196 g/mol. The molecule has 4 heteroatoms. The van der Waals surface area contributed by atoms with Gasteiger partial charge in [0.15, 0.2) is 12.0 Å². The summed E-state index contributed by atoms with van der Waals surface area (Å²) in [6.07, 6.45) is 5.59. The van der Waals surface area contributed by atoms with Gasteiger partial charge in [0.05, 0.1) is 6.61 Å². The lowest BCUT2D eigenvalue weighted by Crippen LogP contribution is -2.32. The van der Waals surface area contributed by atoms with E-state index in [4.69, 9.17) is 4.74 Å². The first-order valence-corrected chi connectivity index (χ1v) is 5.05. The Morgan fingerprint density at radius 1 is 1.57 bits per heavy atom. The molecule has 0 bridgehead atoms. The van der Waals surface area contributed by atoms with Crippen molar-refractivity contribution >= 4 is 0 Å². The highest BCUT2D eigenvalue weighted by atomic mass is 16.5. The number of aromatic nitrogens is 1. The lowest BCUT2D eigenvalue weighted by Gasteiger charge is -2.28. The topological polar surface area (TPSA) is 38.5 Å². The summed E-state index contributed by atoms with van der Waals surface area (Å²) in [7, 11) is 2.16. The van der Waals surface area contributed by atoms with Crippen molar-refractivity contribution < 1.29 is 9.26 Å². The van der Waals surface area contributed by atoms with Gasteiger partial charge in [-0.3, -0.25) is 0 Å². The maximum Gasteiger partial charge on any atom is 0.178 e. The number of hydrogen-bond donors (Lipinski definition) is 0. The average Bonchev–Trinajstić information content (AvgIpc) is 2.70. The van der Waals surface area contributed by atoms with Crippen LogP contribution in [-0.4, -0.2) is 36.8 Å². The van der Waals surface area contributed by atoms with Gasteiger partial charge < -0.3 is 14.2 Å². The highest BCUT2D eigenvalue weighted by Crippen LogP contribution is 2.17. The Bertz CT molecular complexity index is 253. The molecule has 2 rings (SSSR count). The SMILES string of the molecule is CN1CCC(COc2cnoc2)CC1. The molecular formula is C10H16N2O2. The van der Waals surface area contributed by atoms with Gasteiger partial charge in [0, 0.05) is 0 Å². The van der Waals surface area contributed by atoms with Gasteiger partial charge >= 0.3 is 0 Å². The third-order valence-electron chi connectivity index (χ3n) is 2.73. The molecule has 0 aromatic carbocycles. The van der Waals surface area contributed by atoms with Gasteiger partial charge in [0.1, 0.15) is 6.20 Å². The second kappa shape index (κ2) is 4.46. The van der Waals surface area contributed by atoms with E-state index in [1.807, 2.05) is 0 Å². The van der Waals surface area contributed by atoms with Crippen LogP contribution in [0.25, 0.3) is 0 Å². The first-order chi connectivity index (χ1) is 6.84. The van der Waals surface area contributed by atoms with Gasteiger partial charge in [-0.1, -0.05) is 5.16 Å². The van der Waals surface area contributed by atoms with Crippen molar-refractivity contribution in [1.82, 2.24) is 10.1 Å². The third kappa shape index (κ3) is 2.48. The number of ether oxygens (including phenoxy) is 1.